The van der Waals surface area contributed by atoms with E-state index >= 15 is 0 Å². The van der Waals surface area contributed by atoms with Gasteiger partial charge in [-0.1, -0.05) is 11.6 Å². The van der Waals surface area contributed by atoms with Gasteiger partial charge in [-0.25, -0.2) is 9.78 Å². The molecule has 1 N–H and O–H groups in total. The number of hydrogen-bond donors (Lipinski definition) is 1. The lowest BCUT2D eigenvalue weighted by atomic mass is 9.88. The molecule has 1 unspecified atom stereocenters. The quantitative estimate of drug-likeness (QED) is 0.580. The van der Waals surface area contributed by atoms with Crippen molar-refractivity contribution in [1.29, 1.82) is 0 Å². The molecule has 2 aliphatic heterocycles. The number of aromatic nitrogens is 1. The smallest absolute Gasteiger partial charge is 0.410 e. The van der Waals surface area contributed by atoms with Crippen molar-refractivity contribution in [2.24, 2.45) is 11.3 Å². The van der Waals surface area contributed by atoms with E-state index in [2.05, 4.69) is 16.4 Å². The summed E-state index contributed by atoms with van der Waals surface area (Å²) in [5, 5.41) is 5.69. The molecule has 35 heavy (non-hydrogen) atoms. The van der Waals surface area contributed by atoms with Gasteiger partial charge >= 0.3 is 6.09 Å². The minimum absolute atomic E-state index is 0.0554. The zero-order valence-electron chi connectivity index (χ0n) is 20.7. The van der Waals surface area contributed by atoms with Crippen LogP contribution in [0.2, 0.25) is 5.02 Å². The lowest BCUT2D eigenvalue weighted by Crippen LogP contribution is -2.41. The second-order valence-electron chi connectivity index (χ2n) is 11.3. The predicted molar refractivity (Wildman–Crippen MR) is 136 cm³/mol. The van der Waals surface area contributed by atoms with Crippen molar-refractivity contribution in [2.75, 3.05) is 31.6 Å². The fraction of sp³-hybridized carbons (Fsp3) is 0.593. The maximum Gasteiger partial charge on any atom is 0.410 e. The molecule has 2 aromatic rings. The average Bonchev–Trinajstić information content (AvgIpc) is 3.51. The van der Waals surface area contributed by atoms with Crippen LogP contribution >= 0.6 is 11.6 Å². The second kappa shape index (κ2) is 9.25. The third-order valence-electron chi connectivity index (χ3n) is 7.67. The summed E-state index contributed by atoms with van der Waals surface area (Å²) in [7, 11) is 0. The van der Waals surface area contributed by atoms with E-state index in [0.29, 0.717) is 23.9 Å². The first-order valence-electron chi connectivity index (χ1n) is 12.6. The summed E-state index contributed by atoms with van der Waals surface area (Å²) in [6, 6.07) is 5.99. The summed E-state index contributed by atoms with van der Waals surface area (Å²) in [4.78, 5) is 31.5. The Morgan fingerprint density at radius 2 is 1.86 bits per heavy atom. The van der Waals surface area contributed by atoms with Crippen molar-refractivity contribution in [3.05, 3.63) is 35.0 Å². The molecule has 1 spiro atoms. The van der Waals surface area contributed by atoms with E-state index in [1.54, 1.807) is 11.1 Å². The van der Waals surface area contributed by atoms with Crippen LogP contribution in [0.25, 0.3) is 10.8 Å². The molecule has 3 heterocycles. The number of nitrogens with zero attached hydrogens (tertiary/aromatic N) is 2. The molecular weight excluding hydrogens is 466 g/mol. The molecule has 7 nitrogen and oxygen atoms in total. The number of likely N-dealkylation sites (tertiary alicyclic amines) is 1. The first kappa shape index (κ1) is 24.3. The Morgan fingerprint density at radius 3 is 2.54 bits per heavy atom. The number of fused-ring (bicyclic) bond motifs is 1. The Balaban J connectivity index is 1.26. The molecule has 1 aliphatic carbocycles. The van der Waals surface area contributed by atoms with Gasteiger partial charge in [0.2, 0.25) is 5.91 Å². The zero-order chi connectivity index (χ0) is 24.8. The van der Waals surface area contributed by atoms with Crippen molar-refractivity contribution in [1.82, 2.24) is 9.88 Å². The Bertz CT molecular complexity index is 1130. The summed E-state index contributed by atoms with van der Waals surface area (Å²) in [5.74, 6) is 0.948. The Morgan fingerprint density at radius 1 is 1.14 bits per heavy atom. The number of ether oxygens (including phenoxy) is 2. The van der Waals surface area contributed by atoms with Crippen LogP contribution < -0.4 is 5.32 Å². The first-order chi connectivity index (χ1) is 16.6. The van der Waals surface area contributed by atoms with Gasteiger partial charge in [-0.05, 0) is 93.4 Å². The van der Waals surface area contributed by atoms with Gasteiger partial charge in [0.05, 0.1) is 0 Å². The molecule has 5 rings (SSSR count). The number of amides is 2. The Hall–Kier alpha value is -2.38. The molecule has 3 fully saturated rings. The number of halogens is 1. The molecule has 1 aromatic carbocycles. The van der Waals surface area contributed by atoms with Crippen molar-refractivity contribution in [3.63, 3.8) is 0 Å². The van der Waals surface area contributed by atoms with E-state index in [9.17, 15) is 9.59 Å². The van der Waals surface area contributed by atoms with E-state index in [1.165, 1.54) is 0 Å². The number of carbonyl (C=O) groups is 2. The number of piperidine rings is 1. The van der Waals surface area contributed by atoms with Crippen LogP contribution in [0.3, 0.4) is 0 Å². The van der Waals surface area contributed by atoms with Crippen LogP contribution in [0.15, 0.2) is 24.4 Å². The number of carbonyl (C=O) groups excluding carboxylic acids is 2. The standard InChI is InChI=1S/C27H34ClN3O4/c1-26(2,3)35-25(33)31-8-4-17(5-9-31)20-12-18-14-23(29-16-19(18)13-22(20)28)30-24(32)21-15-27(21)6-10-34-11-7-27/h12-14,16-17,21H,4-11,15H2,1-3H3,(H,29,30,32). The molecule has 3 aliphatic rings. The maximum absolute atomic E-state index is 12.9. The van der Waals surface area contributed by atoms with Gasteiger partial charge in [0.1, 0.15) is 11.4 Å². The summed E-state index contributed by atoms with van der Waals surface area (Å²) in [5.41, 5.74) is 0.713. The third-order valence-corrected chi connectivity index (χ3v) is 8.00. The summed E-state index contributed by atoms with van der Waals surface area (Å²) >= 11 is 6.67. The number of pyridine rings is 1. The second-order valence-corrected chi connectivity index (χ2v) is 11.7. The largest absolute Gasteiger partial charge is 0.444 e. The van der Waals surface area contributed by atoms with Gasteiger partial charge < -0.3 is 19.7 Å². The zero-order valence-corrected chi connectivity index (χ0v) is 21.5. The highest BCUT2D eigenvalue weighted by Gasteiger charge is 2.58. The van der Waals surface area contributed by atoms with Crippen molar-refractivity contribution in [2.45, 2.75) is 64.4 Å². The van der Waals surface area contributed by atoms with E-state index in [4.69, 9.17) is 21.1 Å². The normalized spacial score (nSPS) is 22.3. The number of anilines is 1. The third kappa shape index (κ3) is 5.26. The molecule has 2 saturated heterocycles. The summed E-state index contributed by atoms with van der Waals surface area (Å²) in [6.45, 7) is 8.42. The number of hydrogen-bond acceptors (Lipinski definition) is 5. The fourth-order valence-electron chi connectivity index (χ4n) is 5.53. The van der Waals surface area contributed by atoms with Gasteiger partial charge in [-0.15, -0.1) is 0 Å². The monoisotopic (exact) mass is 499 g/mol. The highest BCUT2D eigenvalue weighted by molar-refractivity contribution is 6.32. The number of benzene rings is 1. The van der Waals surface area contributed by atoms with Crippen LogP contribution in [0, 0.1) is 11.3 Å². The van der Waals surface area contributed by atoms with Crippen molar-refractivity contribution >= 4 is 40.2 Å². The molecule has 1 saturated carbocycles. The number of nitrogens with one attached hydrogen (secondary N) is 1. The minimum atomic E-state index is -0.498. The maximum atomic E-state index is 12.9. The predicted octanol–water partition coefficient (Wildman–Crippen LogP) is 5.76. The van der Waals surface area contributed by atoms with Crippen LogP contribution in [-0.4, -0.2) is 53.8 Å². The molecule has 1 aromatic heterocycles. The summed E-state index contributed by atoms with van der Waals surface area (Å²) in [6.07, 6.45) is 6.03. The molecule has 0 bridgehead atoms. The molecule has 0 radical (unpaired) electrons. The van der Waals surface area contributed by atoms with Crippen LogP contribution in [0.5, 0.6) is 0 Å². The van der Waals surface area contributed by atoms with E-state index < -0.39 is 5.60 Å². The molecule has 188 valence electrons. The van der Waals surface area contributed by atoms with Crippen molar-refractivity contribution < 1.29 is 19.1 Å². The van der Waals surface area contributed by atoms with E-state index in [1.807, 2.05) is 32.9 Å². The van der Waals surface area contributed by atoms with Gasteiger partial charge in [-0.2, -0.15) is 0 Å². The molecule has 1 atom stereocenters. The van der Waals surface area contributed by atoms with Crippen LogP contribution in [0.4, 0.5) is 10.6 Å². The van der Waals surface area contributed by atoms with Gasteiger partial charge in [0.15, 0.2) is 0 Å². The van der Waals surface area contributed by atoms with E-state index in [0.717, 1.165) is 61.7 Å². The minimum Gasteiger partial charge on any atom is -0.444 e. The lowest BCUT2D eigenvalue weighted by Gasteiger charge is -2.34. The number of rotatable bonds is 3. The Labute approximate surface area is 211 Å². The van der Waals surface area contributed by atoms with E-state index in [-0.39, 0.29) is 29.3 Å². The topological polar surface area (TPSA) is 80.8 Å². The average molecular weight is 500 g/mol. The fourth-order valence-corrected chi connectivity index (χ4v) is 5.85. The molecular formula is C27H34ClN3O4. The highest BCUT2D eigenvalue weighted by Crippen LogP contribution is 2.59. The first-order valence-corrected chi connectivity index (χ1v) is 13.0. The molecule has 8 heteroatoms. The van der Waals surface area contributed by atoms with Gasteiger partial charge in [0, 0.05) is 48.8 Å². The molecule has 2 amide bonds. The van der Waals surface area contributed by atoms with Crippen LogP contribution in [0.1, 0.15) is 64.4 Å². The lowest BCUT2D eigenvalue weighted by molar-refractivity contribution is -0.118. The Kier molecular flexibility index (Phi) is 6.43. The van der Waals surface area contributed by atoms with Gasteiger partial charge in [-0.3, -0.25) is 4.79 Å². The summed E-state index contributed by atoms with van der Waals surface area (Å²) < 4.78 is 11.0. The van der Waals surface area contributed by atoms with Crippen molar-refractivity contribution in [3.8, 4) is 0 Å². The van der Waals surface area contributed by atoms with Gasteiger partial charge in [0.25, 0.3) is 0 Å². The van der Waals surface area contributed by atoms with Crippen LogP contribution in [-0.2, 0) is 14.3 Å². The SMILES string of the molecule is CC(C)(C)OC(=O)N1CCC(c2cc3cc(NC(=O)C4CC45CCOCC5)ncc3cc2Cl)CC1. The highest BCUT2D eigenvalue weighted by atomic mass is 35.5.